The molecule has 0 bridgehead atoms. The van der Waals surface area contributed by atoms with Crippen LogP contribution in [-0.2, 0) is 14.3 Å². The van der Waals surface area contributed by atoms with Gasteiger partial charge in [-0.25, -0.2) is 0 Å². The zero-order chi connectivity index (χ0) is 15.0. The van der Waals surface area contributed by atoms with Crippen LogP contribution in [-0.4, -0.2) is 63.4 Å². The first kappa shape index (κ1) is 17.4. The van der Waals surface area contributed by atoms with E-state index in [2.05, 4.69) is 17.3 Å². The van der Waals surface area contributed by atoms with Crippen molar-refractivity contribution in [3.05, 3.63) is 0 Å². The molecule has 0 aromatic rings. The number of rotatable bonds is 8. The van der Waals surface area contributed by atoms with Gasteiger partial charge in [0.05, 0.1) is 7.11 Å². The molecule has 1 heterocycles. The van der Waals surface area contributed by atoms with Crippen molar-refractivity contribution in [2.24, 2.45) is 5.92 Å². The molecule has 5 nitrogen and oxygen atoms in total. The smallest absolute Gasteiger partial charge is 0.322 e. The zero-order valence-corrected chi connectivity index (χ0v) is 13.4. The molecule has 0 aromatic heterocycles. The van der Waals surface area contributed by atoms with Crippen molar-refractivity contribution < 1.29 is 14.3 Å². The largest absolute Gasteiger partial charge is 0.468 e. The Morgan fingerprint density at radius 3 is 2.60 bits per heavy atom. The monoisotopic (exact) mass is 286 g/mol. The summed E-state index contributed by atoms with van der Waals surface area (Å²) in [7, 11) is 3.57. The fourth-order valence-electron chi connectivity index (χ4n) is 2.62. The molecule has 0 radical (unpaired) electrons. The van der Waals surface area contributed by atoms with Gasteiger partial charge in [-0.15, -0.1) is 0 Å². The average molecular weight is 286 g/mol. The molecule has 0 aromatic carbocycles. The fourth-order valence-corrected chi connectivity index (χ4v) is 2.62. The highest BCUT2D eigenvalue weighted by Crippen LogP contribution is 2.15. The molecule has 118 valence electrons. The highest BCUT2D eigenvalue weighted by Gasteiger charge is 2.21. The minimum absolute atomic E-state index is 0.168. The normalized spacial score (nSPS) is 18.5. The first-order valence-electron chi connectivity index (χ1n) is 7.63. The summed E-state index contributed by atoms with van der Waals surface area (Å²) in [4.78, 5) is 14.0. The molecule has 1 fully saturated rings. The van der Waals surface area contributed by atoms with Crippen LogP contribution in [0.2, 0.25) is 0 Å². The van der Waals surface area contributed by atoms with E-state index in [4.69, 9.17) is 9.47 Å². The van der Waals surface area contributed by atoms with Gasteiger partial charge in [0.15, 0.2) is 0 Å². The van der Waals surface area contributed by atoms with Gasteiger partial charge in [-0.05, 0) is 38.8 Å². The number of hydrogen-bond donors (Lipinski definition) is 1. The van der Waals surface area contributed by atoms with E-state index in [9.17, 15) is 4.79 Å². The number of carbonyl (C=O) groups is 1. The molecule has 1 atom stereocenters. The Morgan fingerprint density at radius 2 is 2.05 bits per heavy atom. The summed E-state index contributed by atoms with van der Waals surface area (Å²) in [5.41, 5.74) is 0. The van der Waals surface area contributed by atoms with Crippen molar-refractivity contribution in [1.82, 2.24) is 10.2 Å². The molecular weight excluding hydrogens is 256 g/mol. The molecule has 20 heavy (non-hydrogen) atoms. The summed E-state index contributed by atoms with van der Waals surface area (Å²) in [5.74, 6) is 0.557. The van der Waals surface area contributed by atoms with Gasteiger partial charge in [0.25, 0.3) is 0 Å². The quantitative estimate of drug-likeness (QED) is 0.681. The number of methoxy groups -OCH3 is 1. The lowest BCUT2D eigenvalue weighted by Crippen LogP contribution is -2.44. The molecule has 1 aliphatic rings. The van der Waals surface area contributed by atoms with Gasteiger partial charge >= 0.3 is 5.97 Å². The van der Waals surface area contributed by atoms with Gasteiger partial charge in [-0.3, -0.25) is 4.79 Å². The summed E-state index contributed by atoms with van der Waals surface area (Å²) in [6, 6.07) is 0.0667. The number of esters is 1. The van der Waals surface area contributed by atoms with Gasteiger partial charge in [0, 0.05) is 25.8 Å². The number of carbonyl (C=O) groups excluding carboxylic acids is 1. The molecule has 0 spiro atoms. The Kier molecular flexibility index (Phi) is 8.11. The van der Waals surface area contributed by atoms with Gasteiger partial charge in [-0.1, -0.05) is 13.8 Å². The van der Waals surface area contributed by atoms with Crippen LogP contribution >= 0.6 is 0 Å². The van der Waals surface area contributed by atoms with Crippen molar-refractivity contribution in [3.63, 3.8) is 0 Å². The lowest BCUT2D eigenvalue weighted by molar-refractivity contribution is -0.143. The molecular formula is C15H30N2O3. The molecule has 0 saturated carbocycles. The minimum atomic E-state index is -0.211. The number of hydrogen-bond acceptors (Lipinski definition) is 5. The standard InChI is InChI=1S/C15H30N2O3/c1-12(2)16-14(15(18)19-4)5-8-17(3)11-13-6-9-20-10-7-13/h12-14,16H,5-11H2,1-4H3. The Morgan fingerprint density at radius 1 is 1.40 bits per heavy atom. The zero-order valence-electron chi connectivity index (χ0n) is 13.4. The van der Waals surface area contributed by atoms with Crippen LogP contribution in [0.25, 0.3) is 0 Å². The molecule has 0 aliphatic carbocycles. The van der Waals surface area contributed by atoms with E-state index in [1.165, 1.54) is 7.11 Å². The first-order chi connectivity index (χ1) is 9.52. The van der Waals surface area contributed by atoms with Crippen molar-refractivity contribution in [1.29, 1.82) is 0 Å². The maximum absolute atomic E-state index is 11.7. The van der Waals surface area contributed by atoms with Crippen LogP contribution in [0.5, 0.6) is 0 Å². The predicted molar refractivity (Wildman–Crippen MR) is 79.7 cm³/mol. The van der Waals surface area contributed by atoms with Crippen LogP contribution in [0.4, 0.5) is 0 Å². The number of ether oxygens (including phenoxy) is 2. The van der Waals surface area contributed by atoms with Crippen LogP contribution in [0, 0.1) is 5.92 Å². The topological polar surface area (TPSA) is 50.8 Å². The molecule has 0 amide bonds. The van der Waals surface area contributed by atoms with Crippen molar-refractivity contribution in [2.75, 3.05) is 40.5 Å². The van der Waals surface area contributed by atoms with Crippen molar-refractivity contribution >= 4 is 5.97 Å². The third kappa shape index (κ3) is 6.68. The number of nitrogens with zero attached hydrogens (tertiary/aromatic N) is 1. The van der Waals surface area contributed by atoms with E-state index in [1.54, 1.807) is 0 Å². The van der Waals surface area contributed by atoms with E-state index in [-0.39, 0.29) is 18.1 Å². The van der Waals surface area contributed by atoms with E-state index in [0.29, 0.717) is 0 Å². The minimum Gasteiger partial charge on any atom is -0.468 e. The van der Waals surface area contributed by atoms with Crippen LogP contribution < -0.4 is 5.32 Å². The lowest BCUT2D eigenvalue weighted by Gasteiger charge is -2.28. The summed E-state index contributed by atoms with van der Waals surface area (Å²) in [6.45, 7) is 7.84. The third-order valence-electron chi connectivity index (χ3n) is 3.73. The second kappa shape index (κ2) is 9.32. The first-order valence-corrected chi connectivity index (χ1v) is 7.63. The molecule has 5 heteroatoms. The van der Waals surface area contributed by atoms with Gasteiger partial charge in [-0.2, -0.15) is 0 Å². The lowest BCUT2D eigenvalue weighted by atomic mass is 10.00. The summed E-state index contributed by atoms with van der Waals surface area (Å²) in [6.07, 6.45) is 3.08. The molecule has 1 aliphatic heterocycles. The maximum atomic E-state index is 11.7. The van der Waals surface area contributed by atoms with E-state index in [1.807, 2.05) is 13.8 Å². The Bertz CT molecular complexity index is 278. The van der Waals surface area contributed by atoms with E-state index in [0.717, 1.165) is 51.5 Å². The highest BCUT2D eigenvalue weighted by molar-refractivity contribution is 5.75. The number of nitrogens with one attached hydrogen (secondary N) is 1. The van der Waals surface area contributed by atoms with E-state index < -0.39 is 0 Å². The SMILES string of the molecule is COC(=O)C(CCN(C)CC1CCOCC1)NC(C)C. The second-order valence-electron chi connectivity index (χ2n) is 6.00. The Balaban J connectivity index is 2.31. The van der Waals surface area contributed by atoms with Crippen molar-refractivity contribution in [3.8, 4) is 0 Å². The predicted octanol–water partition coefficient (Wildman–Crippen LogP) is 1.27. The van der Waals surface area contributed by atoms with Crippen LogP contribution in [0.15, 0.2) is 0 Å². The highest BCUT2D eigenvalue weighted by atomic mass is 16.5. The third-order valence-corrected chi connectivity index (χ3v) is 3.73. The van der Waals surface area contributed by atoms with Gasteiger partial charge in [0.1, 0.15) is 6.04 Å². The molecule has 1 rings (SSSR count). The van der Waals surface area contributed by atoms with Gasteiger partial charge in [0.2, 0.25) is 0 Å². The Labute approximate surface area is 123 Å². The molecule has 1 saturated heterocycles. The average Bonchev–Trinajstić information content (AvgIpc) is 2.43. The molecule has 1 unspecified atom stereocenters. The van der Waals surface area contributed by atoms with Crippen molar-refractivity contribution in [2.45, 2.75) is 45.2 Å². The van der Waals surface area contributed by atoms with E-state index >= 15 is 0 Å². The van der Waals surface area contributed by atoms with Gasteiger partial charge < -0.3 is 19.7 Å². The summed E-state index contributed by atoms with van der Waals surface area (Å²) < 4.78 is 10.2. The maximum Gasteiger partial charge on any atom is 0.322 e. The van der Waals surface area contributed by atoms with Crippen LogP contribution in [0.3, 0.4) is 0 Å². The van der Waals surface area contributed by atoms with Crippen LogP contribution in [0.1, 0.15) is 33.1 Å². The summed E-state index contributed by atoms with van der Waals surface area (Å²) in [5, 5.41) is 3.27. The summed E-state index contributed by atoms with van der Waals surface area (Å²) >= 11 is 0. The fraction of sp³-hybridized carbons (Fsp3) is 0.933. The second-order valence-corrected chi connectivity index (χ2v) is 6.00. The molecule has 1 N–H and O–H groups in total. The Hall–Kier alpha value is -0.650.